The summed E-state index contributed by atoms with van der Waals surface area (Å²) in [5.41, 5.74) is 6.99. The van der Waals surface area contributed by atoms with Gasteiger partial charge in [0.25, 0.3) is 0 Å². The number of hydrogen-bond acceptors (Lipinski definition) is 2. The molecule has 0 amide bonds. The Balaban J connectivity index is 3.37. The number of benzene rings is 1. The van der Waals surface area contributed by atoms with Gasteiger partial charge in [0.2, 0.25) is 0 Å². The molecule has 1 rings (SSSR count). The van der Waals surface area contributed by atoms with Crippen LogP contribution in [0.2, 0.25) is 5.02 Å². The minimum Gasteiger partial charge on any atom is -0.508 e. The van der Waals surface area contributed by atoms with Crippen molar-refractivity contribution in [2.75, 3.05) is 0 Å². The highest BCUT2D eigenvalue weighted by Crippen LogP contribution is 2.31. The number of nitrogens with two attached hydrogens (primary N) is 1. The molecule has 3 heteroatoms. The molecule has 0 atom stereocenters. The molecule has 0 radical (unpaired) electrons. The lowest BCUT2D eigenvalue weighted by molar-refractivity contribution is 0.469. The van der Waals surface area contributed by atoms with E-state index >= 15 is 0 Å². The van der Waals surface area contributed by atoms with E-state index < -0.39 is 5.54 Å². The van der Waals surface area contributed by atoms with Crippen LogP contribution < -0.4 is 5.73 Å². The van der Waals surface area contributed by atoms with E-state index in [-0.39, 0.29) is 5.75 Å². The van der Waals surface area contributed by atoms with Gasteiger partial charge in [0, 0.05) is 10.6 Å². The third-order valence-corrected chi connectivity index (χ3v) is 2.44. The summed E-state index contributed by atoms with van der Waals surface area (Å²) in [5, 5.41) is 10.00. The van der Waals surface area contributed by atoms with E-state index in [2.05, 4.69) is 0 Å². The highest BCUT2D eigenvalue weighted by Gasteiger charge is 2.19. The number of rotatable bonds is 1. The van der Waals surface area contributed by atoms with Gasteiger partial charge >= 0.3 is 0 Å². The molecule has 0 saturated heterocycles. The van der Waals surface area contributed by atoms with Gasteiger partial charge in [-0.15, -0.1) is 0 Å². The first kappa shape index (κ1) is 10.4. The van der Waals surface area contributed by atoms with Crippen molar-refractivity contribution in [2.45, 2.75) is 26.3 Å². The molecule has 0 aliphatic rings. The van der Waals surface area contributed by atoms with Gasteiger partial charge in [-0.05, 0) is 44.0 Å². The van der Waals surface area contributed by atoms with Gasteiger partial charge in [-0.3, -0.25) is 0 Å². The van der Waals surface area contributed by atoms with Gasteiger partial charge in [0.15, 0.2) is 0 Å². The maximum atomic E-state index is 9.37. The summed E-state index contributed by atoms with van der Waals surface area (Å²) >= 11 is 6.06. The van der Waals surface area contributed by atoms with E-state index in [9.17, 15) is 5.11 Å². The summed E-state index contributed by atoms with van der Waals surface area (Å²) in [6, 6.07) is 3.23. The van der Waals surface area contributed by atoms with Crippen LogP contribution in [-0.4, -0.2) is 5.11 Å². The zero-order valence-corrected chi connectivity index (χ0v) is 8.81. The average Bonchev–Trinajstić information content (AvgIpc) is 1.94. The standard InChI is InChI=1S/C10H14ClNO/c1-6-4-7(13)5-8(9(6)11)10(2,3)12/h4-5,13H,12H2,1-3H3. The largest absolute Gasteiger partial charge is 0.508 e. The molecule has 0 saturated carbocycles. The van der Waals surface area contributed by atoms with E-state index in [4.69, 9.17) is 17.3 Å². The second kappa shape index (κ2) is 3.20. The molecule has 0 aromatic heterocycles. The van der Waals surface area contributed by atoms with Crippen LogP contribution >= 0.6 is 11.6 Å². The van der Waals surface area contributed by atoms with E-state index in [0.29, 0.717) is 5.02 Å². The van der Waals surface area contributed by atoms with Gasteiger partial charge in [-0.25, -0.2) is 0 Å². The van der Waals surface area contributed by atoms with E-state index in [0.717, 1.165) is 11.1 Å². The normalized spacial score (nSPS) is 11.8. The average molecular weight is 200 g/mol. The molecule has 13 heavy (non-hydrogen) atoms. The van der Waals surface area contributed by atoms with Crippen molar-refractivity contribution in [1.82, 2.24) is 0 Å². The van der Waals surface area contributed by atoms with Gasteiger partial charge in [-0.2, -0.15) is 0 Å². The summed E-state index contributed by atoms with van der Waals surface area (Å²) < 4.78 is 0. The summed E-state index contributed by atoms with van der Waals surface area (Å²) in [4.78, 5) is 0. The first-order valence-corrected chi connectivity index (χ1v) is 4.48. The fourth-order valence-corrected chi connectivity index (χ4v) is 1.57. The van der Waals surface area contributed by atoms with Gasteiger partial charge in [0.1, 0.15) is 5.75 Å². The Labute approximate surface area is 83.3 Å². The van der Waals surface area contributed by atoms with Crippen LogP contribution in [0, 0.1) is 6.92 Å². The molecule has 72 valence electrons. The zero-order chi connectivity index (χ0) is 10.2. The summed E-state index contributed by atoms with van der Waals surface area (Å²) in [7, 11) is 0. The molecule has 0 aliphatic heterocycles. The molecule has 3 N–H and O–H groups in total. The van der Waals surface area contributed by atoms with Crippen LogP contribution in [0.15, 0.2) is 12.1 Å². The van der Waals surface area contributed by atoms with Gasteiger partial charge in [-0.1, -0.05) is 11.6 Å². The van der Waals surface area contributed by atoms with Crippen molar-refractivity contribution in [1.29, 1.82) is 0 Å². The van der Waals surface area contributed by atoms with Crippen molar-refractivity contribution in [3.8, 4) is 5.75 Å². The molecular weight excluding hydrogens is 186 g/mol. The van der Waals surface area contributed by atoms with E-state index in [1.54, 1.807) is 12.1 Å². The first-order valence-electron chi connectivity index (χ1n) is 4.11. The Morgan fingerprint density at radius 3 is 2.38 bits per heavy atom. The molecule has 0 fully saturated rings. The predicted molar refractivity (Wildman–Crippen MR) is 55.1 cm³/mol. The Morgan fingerprint density at radius 1 is 1.38 bits per heavy atom. The van der Waals surface area contributed by atoms with Gasteiger partial charge in [0.05, 0.1) is 0 Å². The lowest BCUT2D eigenvalue weighted by atomic mass is 9.94. The molecule has 1 aromatic carbocycles. The molecule has 0 aliphatic carbocycles. The molecule has 0 bridgehead atoms. The highest BCUT2D eigenvalue weighted by atomic mass is 35.5. The zero-order valence-electron chi connectivity index (χ0n) is 8.06. The fraction of sp³-hybridized carbons (Fsp3) is 0.400. The Morgan fingerprint density at radius 2 is 1.92 bits per heavy atom. The number of halogens is 1. The van der Waals surface area contributed by atoms with Crippen LogP contribution in [0.1, 0.15) is 25.0 Å². The van der Waals surface area contributed by atoms with Crippen molar-refractivity contribution in [2.24, 2.45) is 5.73 Å². The Bertz CT molecular complexity index is 328. The fourth-order valence-electron chi connectivity index (χ4n) is 1.22. The Kier molecular flexibility index (Phi) is 2.55. The van der Waals surface area contributed by atoms with Crippen LogP contribution in [-0.2, 0) is 5.54 Å². The predicted octanol–water partition coefficient (Wildman–Crippen LogP) is 2.55. The lowest BCUT2D eigenvalue weighted by Crippen LogP contribution is -2.29. The van der Waals surface area contributed by atoms with Crippen LogP contribution in [0.4, 0.5) is 0 Å². The Hall–Kier alpha value is -0.730. The molecule has 1 aromatic rings. The summed E-state index contributed by atoms with van der Waals surface area (Å²) in [6.45, 7) is 5.55. The number of aryl methyl sites for hydroxylation is 1. The maximum absolute atomic E-state index is 9.37. The van der Waals surface area contributed by atoms with Crippen molar-refractivity contribution >= 4 is 11.6 Å². The van der Waals surface area contributed by atoms with E-state index in [1.165, 1.54) is 0 Å². The molecule has 0 spiro atoms. The first-order chi connectivity index (χ1) is 5.82. The smallest absolute Gasteiger partial charge is 0.116 e. The minimum atomic E-state index is -0.527. The number of aromatic hydroxyl groups is 1. The third kappa shape index (κ3) is 2.14. The van der Waals surface area contributed by atoms with Crippen LogP contribution in [0.3, 0.4) is 0 Å². The number of phenols is 1. The second-order valence-corrected chi connectivity index (χ2v) is 4.22. The molecule has 0 unspecified atom stereocenters. The summed E-state index contributed by atoms with van der Waals surface area (Å²) in [6.07, 6.45) is 0. The minimum absolute atomic E-state index is 0.204. The molecule has 0 heterocycles. The van der Waals surface area contributed by atoms with E-state index in [1.807, 2.05) is 20.8 Å². The monoisotopic (exact) mass is 199 g/mol. The maximum Gasteiger partial charge on any atom is 0.116 e. The van der Waals surface area contributed by atoms with Crippen molar-refractivity contribution < 1.29 is 5.11 Å². The topological polar surface area (TPSA) is 46.2 Å². The quantitative estimate of drug-likeness (QED) is 0.730. The van der Waals surface area contributed by atoms with Crippen LogP contribution in [0.25, 0.3) is 0 Å². The summed E-state index contributed by atoms with van der Waals surface area (Å²) in [5.74, 6) is 0.204. The van der Waals surface area contributed by atoms with Gasteiger partial charge < -0.3 is 10.8 Å². The second-order valence-electron chi connectivity index (χ2n) is 3.85. The lowest BCUT2D eigenvalue weighted by Gasteiger charge is -2.21. The molecule has 2 nitrogen and oxygen atoms in total. The highest BCUT2D eigenvalue weighted by molar-refractivity contribution is 6.32. The SMILES string of the molecule is Cc1cc(O)cc(C(C)(C)N)c1Cl. The van der Waals surface area contributed by atoms with Crippen molar-refractivity contribution in [3.63, 3.8) is 0 Å². The molecular formula is C10H14ClNO. The third-order valence-electron chi connectivity index (χ3n) is 1.93. The number of phenolic OH excluding ortho intramolecular Hbond substituents is 1. The van der Waals surface area contributed by atoms with Crippen LogP contribution in [0.5, 0.6) is 5.75 Å². The number of hydrogen-bond donors (Lipinski definition) is 2. The van der Waals surface area contributed by atoms with Crippen molar-refractivity contribution in [3.05, 3.63) is 28.3 Å².